The first-order valence-corrected chi connectivity index (χ1v) is 9.81. The molecule has 0 unspecified atom stereocenters. The molecule has 30 heavy (non-hydrogen) atoms. The van der Waals surface area contributed by atoms with Gasteiger partial charge in [-0.05, 0) is 30.3 Å². The van der Waals surface area contributed by atoms with E-state index in [0.717, 1.165) is 5.56 Å². The number of anilines is 1. The van der Waals surface area contributed by atoms with Crippen molar-refractivity contribution in [3.63, 3.8) is 0 Å². The number of rotatable bonds is 5. The van der Waals surface area contributed by atoms with Gasteiger partial charge in [0, 0.05) is 37.4 Å². The second-order valence-electron chi connectivity index (χ2n) is 7.10. The van der Waals surface area contributed by atoms with Crippen LogP contribution in [-0.2, 0) is 4.74 Å². The Morgan fingerprint density at radius 3 is 2.80 bits per heavy atom. The van der Waals surface area contributed by atoms with Gasteiger partial charge in [0.2, 0.25) is 11.8 Å². The van der Waals surface area contributed by atoms with Crippen molar-refractivity contribution < 1.29 is 18.3 Å². The molecule has 2 heterocycles. The SMILES string of the molecule is COC[C@@H]1CN(C(=O)Nc2ccc(F)c(Cl)c2)C[C@H]1c1nnc(-c2ccccc2)o1. The third-order valence-corrected chi connectivity index (χ3v) is 5.35. The summed E-state index contributed by atoms with van der Waals surface area (Å²) in [5, 5.41) is 11.1. The third kappa shape index (κ3) is 4.29. The van der Waals surface area contributed by atoms with Crippen LogP contribution >= 0.6 is 11.6 Å². The fourth-order valence-corrected chi connectivity index (χ4v) is 3.74. The lowest BCUT2D eigenvalue weighted by atomic mass is 9.97. The highest BCUT2D eigenvalue weighted by Crippen LogP contribution is 2.34. The van der Waals surface area contributed by atoms with Crippen LogP contribution < -0.4 is 5.32 Å². The highest BCUT2D eigenvalue weighted by Gasteiger charge is 2.39. The van der Waals surface area contributed by atoms with Gasteiger partial charge in [-0.25, -0.2) is 9.18 Å². The van der Waals surface area contributed by atoms with Gasteiger partial charge < -0.3 is 19.4 Å². The van der Waals surface area contributed by atoms with Crippen LogP contribution in [0.4, 0.5) is 14.9 Å². The number of likely N-dealkylation sites (tertiary alicyclic amines) is 1. The van der Waals surface area contributed by atoms with Crippen LogP contribution in [0.25, 0.3) is 11.5 Å². The van der Waals surface area contributed by atoms with E-state index in [1.807, 2.05) is 30.3 Å². The number of hydrogen-bond donors (Lipinski definition) is 1. The van der Waals surface area contributed by atoms with Gasteiger partial charge in [0.15, 0.2) is 0 Å². The highest BCUT2D eigenvalue weighted by atomic mass is 35.5. The van der Waals surface area contributed by atoms with Crippen molar-refractivity contribution in [1.82, 2.24) is 15.1 Å². The summed E-state index contributed by atoms with van der Waals surface area (Å²) in [4.78, 5) is 14.4. The lowest BCUT2D eigenvalue weighted by Gasteiger charge is -2.17. The van der Waals surface area contributed by atoms with E-state index < -0.39 is 5.82 Å². The van der Waals surface area contributed by atoms with E-state index in [-0.39, 0.29) is 22.9 Å². The lowest BCUT2D eigenvalue weighted by molar-refractivity contribution is 0.145. The van der Waals surface area contributed by atoms with E-state index >= 15 is 0 Å². The van der Waals surface area contributed by atoms with Crippen molar-refractivity contribution in [3.8, 4) is 11.5 Å². The average Bonchev–Trinajstić information content (AvgIpc) is 3.39. The van der Waals surface area contributed by atoms with Crippen molar-refractivity contribution in [2.45, 2.75) is 5.92 Å². The van der Waals surface area contributed by atoms with Crippen LogP contribution in [0.3, 0.4) is 0 Å². The Hall–Kier alpha value is -2.97. The van der Waals surface area contributed by atoms with Gasteiger partial charge in [-0.15, -0.1) is 10.2 Å². The van der Waals surface area contributed by atoms with E-state index in [0.29, 0.717) is 37.2 Å². The van der Waals surface area contributed by atoms with Crippen LogP contribution in [0.2, 0.25) is 5.02 Å². The first-order chi connectivity index (χ1) is 14.5. The molecule has 0 saturated carbocycles. The minimum absolute atomic E-state index is 0.00151. The van der Waals surface area contributed by atoms with Crippen LogP contribution in [0.15, 0.2) is 52.9 Å². The summed E-state index contributed by atoms with van der Waals surface area (Å²) >= 11 is 5.79. The van der Waals surface area contributed by atoms with Gasteiger partial charge in [-0.1, -0.05) is 29.8 Å². The molecule has 0 spiro atoms. The van der Waals surface area contributed by atoms with Crippen LogP contribution in [0.1, 0.15) is 11.8 Å². The molecule has 1 aliphatic heterocycles. The summed E-state index contributed by atoms with van der Waals surface area (Å²) < 4.78 is 24.6. The van der Waals surface area contributed by atoms with Gasteiger partial charge in [0.25, 0.3) is 0 Å². The third-order valence-electron chi connectivity index (χ3n) is 5.06. The zero-order chi connectivity index (χ0) is 21.1. The molecule has 2 aromatic carbocycles. The van der Waals surface area contributed by atoms with Crippen LogP contribution in [0, 0.1) is 11.7 Å². The zero-order valence-corrected chi connectivity index (χ0v) is 17.0. The molecule has 0 radical (unpaired) electrons. The first kappa shape index (κ1) is 20.3. The summed E-state index contributed by atoms with van der Waals surface area (Å²) in [5.41, 5.74) is 1.25. The smallest absolute Gasteiger partial charge is 0.321 e. The molecule has 1 aromatic heterocycles. The molecule has 1 N–H and O–H groups in total. The summed E-state index contributed by atoms with van der Waals surface area (Å²) in [7, 11) is 1.61. The molecule has 2 amide bonds. The molecule has 1 saturated heterocycles. The fraction of sp³-hybridized carbons (Fsp3) is 0.286. The lowest BCUT2D eigenvalue weighted by Crippen LogP contribution is -2.33. The molecule has 1 aliphatic rings. The van der Waals surface area contributed by atoms with Crippen LogP contribution in [0.5, 0.6) is 0 Å². The molecule has 156 valence electrons. The number of urea groups is 1. The van der Waals surface area contributed by atoms with E-state index in [4.69, 9.17) is 20.8 Å². The predicted octanol–water partition coefficient (Wildman–Crippen LogP) is 4.42. The summed E-state index contributed by atoms with van der Waals surface area (Å²) in [6.07, 6.45) is 0. The summed E-state index contributed by atoms with van der Waals surface area (Å²) in [6.45, 7) is 1.30. The summed E-state index contributed by atoms with van der Waals surface area (Å²) in [6, 6.07) is 13.2. The molecule has 9 heteroatoms. The minimum Gasteiger partial charge on any atom is -0.420 e. The number of hydrogen-bond acceptors (Lipinski definition) is 5. The Morgan fingerprint density at radius 2 is 2.07 bits per heavy atom. The monoisotopic (exact) mass is 430 g/mol. The maximum Gasteiger partial charge on any atom is 0.321 e. The van der Waals surface area contributed by atoms with Gasteiger partial charge >= 0.3 is 6.03 Å². The molecule has 1 fully saturated rings. The number of nitrogens with zero attached hydrogens (tertiary/aromatic N) is 3. The Kier molecular flexibility index (Phi) is 5.96. The molecule has 7 nitrogen and oxygen atoms in total. The second kappa shape index (κ2) is 8.81. The molecule has 4 rings (SSSR count). The largest absolute Gasteiger partial charge is 0.420 e. The Bertz CT molecular complexity index is 1030. The highest BCUT2D eigenvalue weighted by molar-refractivity contribution is 6.31. The minimum atomic E-state index is -0.540. The average molecular weight is 431 g/mol. The normalized spacial score (nSPS) is 18.6. The molecule has 2 atom stereocenters. The second-order valence-corrected chi connectivity index (χ2v) is 7.50. The number of aromatic nitrogens is 2. The van der Waals surface area contributed by atoms with E-state index in [1.54, 1.807) is 12.0 Å². The van der Waals surface area contributed by atoms with Gasteiger partial charge in [0.1, 0.15) is 5.82 Å². The Morgan fingerprint density at radius 1 is 1.27 bits per heavy atom. The number of halogens is 2. The molecular formula is C21H20ClFN4O3. The maximum atomic E-state index is 13.3. The van der Waals surface area contributed by atoms with Crippen LogP contribution in [-0.4, -0.2) is 47.9 Å². The van der Waals surface area contributed by atoms with Crippen molar-refractivity contribution in [1.29, 1.82) is 0 Å². The number of benzene rings is 2. The standard InChI is InChI=1S/C21H20ClFN4O3/c1-29-12-14-10-27(21(28)24-15-7-8-18(23)17(22)9-15)11-16(14)20-26-25-19(30-20)13-5-3-2-4-6-13/h2-9,14,16H,10-12H2,1H3,(H,24,28)/t14-,16+/m0/s1. The Labute approximate surface area is 177 Å². The number of amides is 2. The van der Waals surface area contributed by atoms with Gasteiger partial charge in [-0.3, -0.25) is 0 Å². The molecule has 0 aliphatic carbocycles. The van der Waals surface area contributed by atoms with Gasteiger partial charge in [-0.2, -0.15) is 0 Å². The van der Waals surface area contributed by atoms with E-state index in [9.17, 15) is 9.18 Å². The zero-order valence-electron chi connectivity index (χ0n) is 16.2. The Balaban J connectivity index is 1.49. The van der Waals surface area contributed by atoms with E-state index in [1.165, 1.54) is 18.2 Å². The molecule has 3 aromatic rings. The number of nitrogens with one attached hydrogen (secondary N) is 1. The van der Waals surface area contributed by atoms with Crippen molar-refractivity contribution in [3.05, 3.63) is 65.3 Å². The molecular weight excluding hydrogens is 411 g/mol. The van der Waals surface area contributed by atoms with Crippen molar-refractivity contribution in [2.75, 3.05) is 32.1 Å². The quantitative estimate of drug-likeness (QED) is 0.648. The molecule has 0 bridgehead atoms. The van der Waals surface area contributed by atoms with Gasteiger partial charge in [0.05, 0.1) is 17.5 Å². The number of methoxy groups -OCH3 is 1. The first-order valence-electron chi connectivity index (χ1n) is 9.44. The van der Waals surface area contributed by atoms with Crippen molar-refractivity contribution in [2.24, 2.45) is 5.92 Å². The predicted molar refractivity (Wildman–Crippen MR) is 110 cm³/mol. The fourth-order valence-electron chi connectivity index (χ4n) is 3.56. The number of carbonyl (C=O) groups is 1. The van der Waals surface area contributed by atoms with E-state index in [2.05, 4.69) is 15.5 Å². The van der Waals surface area contributed by atoms with Crippen molar-refractivity contribution >= 4 is 23.3 Å². The maximum absolute atomic E-state index is 13.3. The number of carbonyl (C=O) groups excluding carboxylic acids is 1. The topological polar surface area (TPSA) is 80.5 Å². The summed E-state index contributed by atoms with van der Waals surface area (Å²) in [5.74, 6) is 0.211. The number of ether oxygens (including phenoxy) is 1.